The predicted octanol–water partition coefficient (Wildman–Crippen LogP) is 3.26. The van der Waals surface area contributed by atoms with Crippen LogP contribution in [0.3, 0.4) is 0 Å². The maximum absolute atomic E-state index is 10.7. The Morgan fingerprint density at radius 3 is 2.56 bits per heavy atom. The Bertz CT molecular complexity index is 456. The Morgan fingerprint density at radius 2 is 1.94 bits per heavy atom. The maximum Gasteiger partial charge on any atom is 0.371 e. The zero-order chi connectivity index (χ0) is 13.2. The molecule has 3 nitrogen and oxygen atoms in total. The van der Waals surface area contributed by atoms with Gasteiger partial charge >= 0.3 is 5.97 Å². The molecule has 0 unspecified atom stereocenters. The van der Waals surface area contributed by atoms with Gasteiger partial charge in [0.05, 0.1) is 6.61 Å². The summed E-state index contributed by atoms with van der Waals surface area (Å²) in [6.45, 7) is 2.08. The number of benzene rings is 1. The van der Waals surface area contributed by atoms with Crippen LogP contribution in [-0.2, 0) is 9.53 Å². The second-order valence-electron chi connectivity index (χ2n) is 3.42. The van der Waals surface area contributed by atoms with E-state index in [2.05, 4.69) is 0 Å². The molecule has 0 aliphatic rings. The minimum absolute atomic E-state index is 0.0538. The summed E-state index contributed by atoms with van der Waals surface area (Å²) in [6.07, 6.45) is 8.61. The van der Waals surface area contributed by atoms with Crippen molar-refractivity contribution in [3.05, 3.63) is 66.0 Å². The van der Waals surface area contributed by atoms with Crippen molar-refractivity contribution in [3.8, 4) is 0 Å². The zero-order valence-electron chi connectivity index (χ0n) is 10.2. The highest BCUT2D eigenvalue weighted by molar-refractivity contribution is 5.84. The van der Waals surface area contributed by atoms with Crippen LogP contribution in [0.1, 0.15) is 12.5 Å². The van der Waals surface area contributed by atoms with E-state index >= 15 is 0 Å². The molecule has 1 N–H and O–H groups in total. The largest absolute Gasteiger partial charge is 0.487 e. The highest BCUT2D eigenvalue weighted by atomic mass is 16.5. The summed E-state index contributed by atoms with van der Waals surface area (Å²) in [4.78, 5) is 10.7. The quantitative estimate of drug-likeness (QED) is 0.474. The fraction of sp³-hybridized carbons (Fsp3) is 0.133. The molecule has 1 aromatic carbocycles. The lowest BCUT2D eigenvalue weighted by Crippen LogP contribution is -2.04. The van der Waals surface area contributed by atoms with E-state index in [1.165, 1.54) is 6.08 Å². The van der Waals surface area contributed by atoms with E-state index in [-0.39, 0.29) is 5.76 Å². The second kappa shape index (κ2) is 7.90. The van der Waals surface area contributed by atoms with Gasteiger partial charge < -0.3 is 9.84 Å². The molecule has 0 heterocycles. The number of carboxylic acid groups (broad SMARTS) is 1. The summed E-state index contributed by atoms with van der Waals surface area (Å²) in [6, 6.07) is 9.85. The SMILES string of the molecule is CCO/C(=C\C=C\C=Cc1ccccc1)C(=O)O. The average Bonchev–Trinajstić information content (AvgIpc) is 2.38. The van der Waals surface area contributed by atoms with Gasteiger partial charge in [-0.1, -0.05) is 54.6 Å². The number of aliphatic carboxylic acids is 1. The number of hydrogen-bond donors (Lipinski definition) is 1. The molecule has 0 aliphatic carbocycles. The van der Waals surface area contributed by atoms with Crippen LogP contribution in [0.4, 0.5) is 0 Å². The van der Waals surface area contributed by atoms with Gasteiger partial charge in [-0.05, 0) is 18.6 Å². The van der Waals surface area contributed by atoms with Crippen molar-refractivity contribution in [1.82, 2.24) is 0 Å². The van der Waals surface area contributed by atoms with Crippen molar-refractivity contribution in [3.63, 3.8) is 0 Å². The van der Waals surface area contributed by atoms with Crippen molar-refractivity contribution in [2.75, 3.05) is 6.61 Å². The number of allylic oxidation sites excluding steroid dienone is 4. The van der Waals surface area contributed by atoms with E-state index in [4.69, 9.17) is 9.84 Å². The monoisotopic (exact) mass is 244 g/mol. The molecule has 1 aromatic rings. The Labute approximate surface area is 107 Å². The molecule has 0 saturated heterocycles. The fourth-order valence-corrected chi connectivity index (χ4v) is 1.27. The van der Waals surface area contributed by atoms with Crippen molar-refractivity contribution >= 4 is 12.0 Å². The van der Waals surface area contributed by atoms with Gasteiger partial charge in [0.15, 0.2) is 0 Å². The number of rotatable bonds is 6. The van der Waals surface area contributed by atoms with Gasteiger partial charge in [0, 0.05) is 0 Å². The number of hydrogen-bond acceptors (Lipinski definition) is 2. The van der Waals surface area contributed by atoms with Gasteiger partial charge in [-0.2, -0.15) is 0 Å². The molecule has 3 heteroatoms. The molecule has 0 fully saturated rings. The average molecular weight is 244 g/mol. The molecular weight excluding hydrogens is 228 g/mol. The van der Waals surface area contributed by atoms with Crippen molar-refractivity contribution in [2.24, 2.45) is 0 Å². The normalized spacial score (nSPS) is 12.2. The smallest absolute Gasteiger partial charge is 0.371 e. The Morgan fingerprint density at radius 1 is 1.22 bits per heavy atom. The molecule has 94 valence electrons. The molecule has 0 radical (unpaired) electrons. The van der Waals surface area contributed by atoms with Crippen LogP contribution in [0.15, 0.2) is 60.4 Å². The van der Waals surface area contributed by atoms with Gasteiger partial charge in [-0.25, -0.2) is 4.79 Å². The standard InChI is InChI=1S/C15H16O3/c1-2-18-14(15(16)17)12-8-4-7-11-13-9-5-3-6-10-13/h3-12H,2H2,1H3,(H,16,17)/b8-4+,11-7?,14-12-. The summed E-state index contributed by atoms with van der Waals surface area (Å²) in [5.41, 5.74) is 1.09. The van der Waals surface area contributed by atoms with Crippen molar-refractivity contribution < 1.29 is 14.6 Å². The molecule has 0 amide bonds. The van der Waals surface area contributed by atoms with Crippen LogP contribution < -0.4 is 0 Å². The number of carbonyl (C=O) groups is 1. The first-order valence-electron chi connectivity index (χ1n) is 5.70. The molecule has 0 saturated carbocycles. The van der Waals surface area contributed by atoms with E-state index in [0.29, 0.717) is 6.61 Å². The Kier molecular flexibility index (Phi) is 6.04. The lowest BCUT2D eigenvalue weighted by molar-refractivity contribution is -0.136. The van der Waals surface area contributed by atoms with Gasteiger partial charge in [-0.15, -0.1) is 0 Å². The third kappa shape index (κ3) is 5.16. The van der Waals surface area contributed by atoms with Crippen molar-refractivity contribution in [2.45, 2.75) is 6.92 Å². The van der Waals surface area contributed by atoms with Gasteiger partial charge in [0.1, 0.15) is 0 Å². The molecule has 0 aromatic heterocycles. The van der Waals surface area contributed by atoms with Gasteiger partial charge in [0.2, 0.25) is 5.76 Å². The fourth-order valence-electron chi connectivity index (χ4n) is 1.27. The lowest BCUT2D eigenvalue weighted by atomic mass is 10.2. The minimum Gasteiger partial charge on any atom is -0.487 e. The molecule has 0 spiro atoms. The van der Waals surface area contributed by atoms with Crippen LogP contribution in [0, 0.1) is 0 Å². The third-order valence-corrected chi connectivity index (χ3v) is 2.07. The minimum atomic E-state index is -1.06. The predicted molar refractivity (Wildman–Crippen MR) is 72.0 cm³/mol. The highest BCUT2D eigenvalue weighted by Gasteiger charge is 2.04. The Hall–Kier alpha value is -2.29. The molecule has 1 rings (SSSR count). The summed E-state index contributed by atoms with van der Waals surface area (Å²) < 4.78 is 4.95. The molecule has 0 aliphatic heterocycles. The third-order valence-electron chi connectivity index (χ3n) is 2.07. The van der Waals surface area contributed by atoms with E-state index < -0.39 is 5.97 Å². The summed E-state index contributed by atoms with van der Waals surface area (Å²) in [5, 5.41) is 8.79. The van der Waals surface area contributed by atoms with Gasteiger partial charge in [-0.3, -0.25) is 0 Å². The summed E-state index contributed by atoms with van der Waals surface area (Å²) >= 11 is 0. The van der Waals surface area contributed by atoms with E-state index in [0.717, 1.165) is 5.56 Å². The number of ether oxygens (including phenoxy) is 1. The number of carboxylic acids is 1. The lowest BCUT2D eigenvalue weighted by Gasteiger charge is -2.00. The molecule has 18 heavy (non-hydrogen) atoms. The van der Waals surface area contributed by atoms with E-state index in [9.17, 15) is 4.79 Å². The first-order chi connectivity index (χ1) is 8.74. The van der Waals surface area contributed by atoms with E-state index in [1.807, 2.05) is 42.5 Å². The topological polar surface area (TPSA) is 46.5 Å². The first-order valence-corrected chi connectivity index (χ1v) is 5.70. The van der Waals surface area contributed by atoms with Gasteiger partial charge in [0.25, 0.3) is 0 Å². The van der Waals surface area contributed by atoms with E-state index in [1.54, 1.807) is 19.1 Å². The van der Waals surface area contributed by atoms with Crippen LogP contribution >= 0.6 is 0 Å². The van der Waals surface area contributed by atoms with Crippen LogP contribution in [-0.4, -0.2) is 17.7 Å². The summed E-state index contributed by atoms with van der Waals surface area (Å²) in [7, 11) is 0. The highest BCUT2D eigenvalue weighted by Crippen LogP contribution is 2.01. The van der Waals surface area contributed by atoms with Crippen LogP contribution in [0.5, 0.6) is 0 Å². The van der Waals surface area contributed by atoms with Crippen LogP contribution in [0.2, 0.25) is 0 Å². The molecule has 0 atom stereocenters. The zero-order valence-corrected chi connectivity index (χ0v) is 10.2. The maximum atomic E-state index is 10.7. The molecule has 0 bridgehead atoms. The molecular formula is C15H16O3. The van der Waals surface area contributed by atoms with Crippen LogP contribution in [0.25, 0.3) is 6.08 Å². The second-order valence-corrected chi connectivity index (χ2v) is 3.42. The summed E-state index contributed by atoms with van der Waals surface area (Å²) in [5.74, 6) is -1.12. The first kappa shape index (κ1) is 13.8. The Balaban J connectivity index is 2.57. The van der Waals surface area contributed by atoms with Crippen molar-refractivity contribution in [1.29, 1.82) is 0 Å².